The van der Waals surface area contributed by atoms with Crippen molar-refractivity contribution in [3.05, 3.63) is 86.1 Å². The number of benzene rings is 2. The second-order valence-corrected chi connectivity index (χ2v) is 11.7. The average molecular weight is 525 g/mol. The third kappa shape index (κ3) is 5.60. The molecule has 7 heteroatoms. The van der Waals surface area contributed by atoms with Crippen molar-refractivity contribution in [1.29, 1.82) is 0 Å². The largest absolute Gasteiger partial charge is 0.491 e. The predicted molar refractivity (Wildman–Crippen MR) is 146 cm³/mol. The lowest BCUT2D eigenvalue weighted by atomic mass is 9.99. The van der Waals surface area contributed by atoms with Gasteiger partial charge in [-0.3, -0.25) is 9.59 Å². The van der Waals surface area contributed by atoms with Crippen LogP contribution in [-0.4, -0.2) is 46.8 Å². The first-order chi connectivity index (χ1) is 17.1. The molecule has 1 aromatic heterocycles. The lowest BCUT2D eigenvalue weighted by Gasteiger charge is -2.40. The molecule has 0 spiro atoms. The van der Waals surface area contributed by atoms with Crippen molar-refractivity contribution in [2.24, 2.45) is 0 Å². The standard InChI is InChI=1S/C29H33ClN2O3S/c1-19-8-6-7-9-22(19)28(34)32(29(3,4)5)17-27(33)31-14-12-26-23(13-15-36-26)25(31)18-35-21-10-11-24(30)20(2)16-21/h6-11,13,15-16,25H,12,14,17-18H2,1-5H3. The number of nitrogens with zero attached hydrogens (tertiary/aromatic N) is 2. The molecule has 2 aromatic carbocycles. The topological polar surface area (TPSA) is 49.9 Å². The van der Waals surface area contributed by atoms with Gasteiger partial charge < -0.3 is 14.5 Å². The maximum absolute atomic E-state index is 13.8. The van der Waals surface area contributed by atoms with Gasteiger partial charge in [0.25, 0.3) is 5.91 Å². The van der Waals surface area contributed by atoms with E-state index >= 15 is 0 Å². The van der Waals surface area contributed by atoms with Crippen molar-refractivity contribution in [2.45, 2.75) is 52.6 Å². The number of carbonyl (C=O) groups is 2. The van der Waals surface area contributed by atoms with E-state index in [0.29, 0.717) is 23.7 Å². The number of rotatable bonds is 6. The molecule has 0 fully saturated rings. The highest BCUT2D eigenvalue weighted by molar-refractivity contribution is 7.10. The van der Waals surface area contributed by atoms with Gasteiger partial charge in [-0.05, 0) is 93.4 Å². The lowest BCUT2D eigenvalue weighted by molar-refractivity contribution is -0.136. The van der Waals surface area contributed by atoms with Crippen LogP contribution in [0.3, 0.4) is 0 Å². The summed E-state index contributed by atoms with van der Waals surface area (Å²) in [6.07, 6.45) is 0.802. The number of hydrogen-bond donors (Lipinski definition) is 0. The van der Waals surface area contributed by atoms with Crippen LogP contribution in [0.1, 0.15) is 58.7 Å². The molecule has 2 heterocycles. The highest BCUT2D eigenvalue weighted by atomic mass is 35.5. The molecule has 0 radical (unpaired) electrons. The zero-order valence-electron chi connectivity index (χ0n) is 21.5. The molecule has 0 saturated carbocycles. The first-order valence-electron chi connectivity index (χ1n) is 12.2. The van der Waals surface area contributed by atoms with Crippen LogP contribution in [0.4, 0.5) is 0 Å². The molecule has 36 heavy (non-hydrogen) atoms. The molecule has 1 aliphatic rings. The van der Waals surface area contributed by atoms with Gasteiger partial charge in [0.05, 0.1) is 6.04 Å². The SMILES string of the molecule is Cc1cc(OCC2c3ccsc3CCN2C(=O)CN(C(=O)c2ccccc2C)C(C)(C)C)ccc1Cl. The summed E-state index contributed by atoms with van der Waals surface area (Å²) in [5.74, 6) is 0.508. The fourth-order valence-electron chi connectivity index (χ4n) is 4.55. The fraction of sp³-hybridized carbons (Fsp3) is 0.379. The van der Waals surface area contributed by atoms with Crippen LogP contribution in [0.5, 0.6) is 5.75 Å². The summed E-state index contributed by atoms with van der Waals surface area (Å²) >= 11 is 7.89. The summed E-state index contributed by atoms with van der Waals surface area (Å²) < 4.78 is 6.16. The zero-order valence-corrected chi connectivity index (χ0v) is 23.1. The van der Waals surface area contributed by atoms with Gasteiger partial charge in [-0.25, -0.2) is 0 Å². The summed E-state index contributed by atoms with van der Waals surface area (Å²) in [7, 11) is 0. The average Bonchev–Trinajstić information content (AvgIpc) is 3.31. The van der Waals surface area contributed by atoms with E-state index in [4.69, 9.17) is 16.3 Å². The Labute approximate surface area is 222 Å². The van der Waals surface area contributed by atoms with E-state index in [1.165, 1.54) is 4.88 Å². The van der Waals surface area contributed by atoms with Gasteiger partial charge in [0.1, 0.15) is 18.9 Å². The fourth-order valence-corrected chi connectivity index (χ4v) is 5.60. The Bertz CT molecular complexity index is 1260. The minimum absolute atomic E-state index is 0.00664. The Morgan fingerprint density at radius 2 is 1.86 bits per heavy atom. The van der Waals surface area contributed by atoms with Crippen molar-refractivity contribution in [2.75, 3.05) is 19.7 Å². The summed E-state index contributed by atoms with van der Waals surface area (Å²) in [6, 6.07) is 15.0. The van der Waals surface area contributed by atoms with Crippen molar-refractivity contribution in [3.63, 3.8) is 0 Å². The molecule has 190 valence electrons. The number of hydrogen-bond acceptors (Lipinski definition) is 4. The minimum atomic E-state index is -0.523. The van der Waals surface area contributed by atoms with Crippen LogP contribution < -0.4 is 4.74 Å². The predicted octanol–water partition coefficient (Wildman–Crippen LogP) is 6.46. The normalized spacial score (nSPS) is 15.4. The second-order valence-electron chi connectivity index (χ2n) is 10.3. The third-order valence-corrected chi connectivity index (χ3v) is 8.10. The van der Waals surface area contributed by atoms with Gasteiger partial charge in [0.2, 0.25) is 5.91 Å². The van der Waals surface area contributed by atoms with E-state index in [-0.39, 0.29) is 24.4 Å². The maximum Gasteiger partial charge on any atom is 0.255 e. The number of carbonyl (C=O) groups excluding carboxylic acids is 2. The van der Waals surface area contributed by atoms with Crippen LogP contribution >= 0.6 is 22.9 Å². The minimum Gasteiger partial charge on any atom is -0.491 e. The van der Waals surface area contributed by atoms with Gasteiger partial charge in [0.15, 0.2) is 0 Å². The Morgan fingerprint density at radius 1 is 1.11 bits per heavy atom. The van der Waals surface area contributed by atoms with Crippen LogP contribution in [-0.2, 0) is 11.2 Å². The van der Waals surface area contributed by atoms with Gasteiger partial charge in [-0.2, -0.15) is 0 Å². The molecule has 0 bridgehead atoms. The number of halogens is 1. The van der Waals surface area contributed by atoms with Gasteiger partial charge in [0, 0.05) is 27.5 Å². The molecule has 0 aliphatic carbocycles. The monoisotopic (exact) mass is 524 g/mol. The summed E-state index contributed by atoms with van der Waals surface area (Å²) in [6.45, 7) is 10.7. The van der Waals surface area contributed by atoms with Crippen LogP contribution in [0, 0.1) is 13.8 Å². The third-order valence-electron chi connectivity index (χ3n) is 6.68. The number of aryl methyl sites for hydroxylation is 2. The van der Waals surface area contributed by atoms with E-state index in [9.17, 15) is 9.59 Å². The smallest absolute Gasteiger partial charge is 0.255 e. The number of amides is 2. The van der Waals surface area contributed by atoms with Gasteiger partial charge >= 0.3 is 0 Å². The van der Waals surface area contributed by atoms with Crippen molar-refractivity contribution < 1.29 is 14.3 Å². The number of fused-ring (bicyclic) bond motifs is 1. The molecule has 3 aromatic rings. The highest BCUT2D eigenvalue weighted by Gasteiger charge is 2.36. The maximum atomic E-state index is 13.8. The van der Waals surface area contributed by atoms with Crippen LogP contribution in [0.25, 0.3) is 0 Å². The Hall–Kier alpha value is -2.83. The van der Waals surface area contributed by atoms with Crippen molar-refractivity contribution in [1.82, 2.24) is 9.80 Å². The summed E-state index contributed by atoms with van der Waals surface area (Å²) in [5, 5.41) is 2.76. The number of thiophene rings is 1. The van der Waals surface area contributed by atoms with E-state index in [1.54, 1.807) is 16.2 Å². The lowest BCUT2D eigenvalue weighted by Crippen LogP contribution is -2.53. The Morgan fingerprint density at radius 3 is 2.56 bits per heavy atom. The first kappa shape index (κ1) is 26.2. The Kier molecular flexibility index (Phi) is 7.76. The van der Waals surface area contributed by atoms with Crippen molar-refractivity contribution in [3.8, 4) is 5.75 Å². The molecule has 1 unspecified atom stereocenters. The van der Waals surface area contributed by atoms with Gasteiger partial charge in [-0.15, -0.1) is 11.3 Å². The molecule has 0 N–H and O–H groups in total. The molecule has 4 rings (SSSR count). The molecular weight excluding hydrogens is 492 g/mol. The van der Waals surface area contributed by atoms with E-state index in [0.717, 1.165) is 28.9 Å². The van der Waals surface area contributed by atoms with Crippen molar-refractivity contribution >= 4 is 34.8 Å². The highest BCUT2D eigenvalue weighted by Crippen LogP contribution is 2.34. The van der Waals surface area contributed by atoms with E-state index < -0.39 is 5.54 Å². The van der Waals surface area contributed by atoms with E-state index in [1.807, 2.05) is 82.0 Å². The van der Waals surface area contributed by atoms with Gasteiger partial charge in [-0.1, -0.05) is 29.8 Å². The first-order valence-corrected chi connectivity index (χ1v) is 13.4. The second kappa shape index (κ2) is 10.7. The molecule has 1 atom stereocenters. The Balaban J connectivity index is 1.57. The molecule has 5 nitrogen and oxygen atoms in total. The molecule has 1 aliphatic heterocycles. The summed E-state index contributed by atoms with van der Waals surface area (Å²) in [4.78, 5) is 32.2. The molecule has 2 amide bonds. The summed E-state index contributed by atoms with van der Waals surface area (Å²) in [5.41, 5.74) is 3.06. The molecular formula is C29H33ClN2O3S. The zero-order chi connectivity index (χ0) is 26.0. The number of ether oxygens (including phenoxy) is 1. The van der Waals surface area contributed by atoms with E-state index in [2.05, 4.69) is 11.4 Å². The molecule has 0 saturated heterocycles. The quantitative estimate of drug-likeness (QED) is 0.371. The van der Waals surface area contributed by atoms with Crippen LogP contribution in [0.15, 0.2) is 53.9 Å². The van der Waals surface area contributed by atoms with Crippen LogP contribution in [0.2, 0.25) is 5.02 Å².